The fourth-order valence-corrected chi connectivity index (χ4v) is 2.43. The Kier molecular flexibility index (Phi) is 6.11. The molecule has 0 unspecified atom stereocenters. The predicted molar refractivity (Wildman–Crippen MR) is 87.7 cm³/mol. The van der Waals surface area contributed by atoms with Crippen LogP contribution in [0.3, 0.4) is 0 Å². The lowest BCUT2D eigenvalue weighted by Crippen LogP contribution is -2.46. The topological polar surface area (TPSA) is 24.1 Å². The van der Waals surface area contributed by atoms with Gasteiger partial charge in [0.1, 0.15) is 0 Å². The van der Waals surface area contributed by atoms with Crippen LogP contribution in [-0.2, 0) is 0 Å². The molecule has 0 bridgehead atoms. The van der Waals surface area contributed by atoms with Gasteiger partial charge in [0.15, 0.2) is 0 Å². The molecule has 0 heterocycles. The van der Waals surface area contributed by atoms with Crippen LogP contribution < -0.4 is 10.6 Å². The SMILES string of the molecule is CC(C)(CNC(C)(C)C)CC(C)(C)CNC(C)(C)C. The molecule has 0 rings (SSSR count). The molecule has 2 N–H and O–H groups in total. The van der Waals surface area contributed by atoms with E-state index in [0.29, 0.717) is 10.8 Å². The van der Waals surface area contributed by atoms with E-state index in [2.05, 4.69) is 79.9 Å². The van der Waals surface area contributed by atoms with Gasteiger partial charge in [-0.1, -0.05) is 27.7 Å². The molecule has 116 valence electrons. The maximum absolute atomic E-state index is 3.64. The Morgan fingerprint density at radius 3 is 1.00 bits per heavy atom. The first-order valence-corrected chi connectivity index (χ1v) is 7.62. The van der Waals surface area contributed by atoms with Crippen molar-refractivity contribution in [3.05, 3.63) is 0 Å². The van der Waals surface area contributed by atoms with E-state index in [1.165, 1.54) is 6.42 Å². The van der Waals surface area contributed by atoms with Crippen molar-refractivity contribution in [1.82, 2.24) is 10.6 Å². The van der Waals surface area contributed by atoms with Crippen molar-refractivity contribution >= 4 is 0 Å². The average Bonchev–Trinajstić information content (AvgIpc) is 2.09. The van der Waals surface area contributed by atoms with Gasteiger partial charge in [0.05, 0.1) is 0 Å². The second-order valence-corrected chi connectivity index (χ2v) is 9.71. The predicted octanol–water partition coefficient (Wildman–Crippen LogP) is 4.21. The first kappa shape index (κ1) is 18.9. The molecule has 0 aliphatic heterocycles. The summed E-state index contributed by atoms with van der Waals surface area (Å²) in [7, 11) is 0. The smallest absolute Gasteiger partial charge is 0.00967 e. The highest BCUT2D eigenvalue weighted by Gasteiger charge is 2.30. The highest BCUT2D eigenvalue weighted by Crippen LogP contribution is 2.33. The molecule has 0 aromatic rings. The summed E-state index contributed by atoms with van der Waals surface area (Å²) in [5.41, 5.74) is 1.03. The molecule has 0 atom stereocenters. The van der Waals surface area contributed by atoms with Gasteiger partial charge in [-0.25, -0.2) is 0 Å². The van der Waals surface area contributed by atoms with Gasteiger partial charge in [-0.15, -0.1) is 0 Å². The van der Waals surface area contributed by atoms with Crippen LogP contribution in [0.2, 0.25) is 0 Å². The van der Waals surface area contributed by atoms with E-state index in [9.17, 15) is 0 Å². The fourth-order valence-electron chi connectivity index (χ4n) is 2.43. The lowest BCUT2D eigenvalue weighted by molar-refractivity contribution is 0.164. The number of hydrogen-bond donors (Lipinski definition) is 2. The van der Waals surface area contributed by atoms with Crippen LogP contribution >= 0.6 is 0 Å². The zero-order valence-corrected chi connectivity index (χ0v) is 15.1. The molecule has 0 saturated heterocycles. The highest BCUT2D eigenvalue weighted by molar-refractivity contribution is 4.86. The fraction of sp³-hybridized carbons (Fsp3) is 1.00. The first-order valence-electron chi connectivity index (χ1n) is 7.62. The minimum Gasteiger partial charge on any atom is -0.312 e. The molecule has 0 aromatic carbocycles. The summed E-state index contributed by atoms with van der Waals surface area (Å²) in [6.07, 6.45) is 1.21. The summed E-state index contributed by atoms with van der Waals surface area (Å²) in [5, 5.41) is 7.27. The van der Waals surface area contributed by atoms with Crippen molar-refractivity contribution in [3.63, 3.8) is 0 Å². The molecule has 2 nitrogen and oxygen atoms in total. The molecule has 0 fully saturated rings. The van der Waals surface area contributed by atoms with E-state index in [-0.39, 0.29) is 11.1 Å². The molecule has 0 amide bonds. The summed E-state index contributed by atoms with van der Waals surface area (Å²) >= 11 is 0. The van der Waals surface area contributed by atoms with Crippen LogP contribution in [0.25, 0.3) is 0 Å². The highest BCUT2D eigenvalue weighted by atomic mass is 15.0. The van der Waals surface area contributed by atoms with E-state index in [0.717, 1.165) is 13.1 Å². The van der Waals surface area contributed by atoms with Gasteiger partial charge < -0.3 is 10.6 Å². The van der Waals surface area contributed by atoms with Crippen molar-refractivity contribution in [2.45, 2.75) is 86.7 Å². The lowest BCUT2D eigenvalue weighted by atomic mass is 9.74. The van der Waals surface area contributed by atoms with E-state index < -0.39 is 0 Å². The van der Waals surface area contributed by atoms with Crippen LogP contribution in [0.5, 0.6) is 0 Å². The molecule has 0 aromatic heterocycles. The van der Waals surface area contributed by atoms with Crippen LogP contribution in [0, 0.1) is 10.8 Å². The van der Waals surface area contributed by atoms with Gasteiger partial charge in [-0.2, -0.15) is 0 Å². The summed E-state index contributed by atoms with van der Waals surface area (Å²) < 4.78 is 0. The van der Waals surface area contributed by atoms with Gasteiger partial charge in [-0.05, 0) is 58.8 Å². The minimum atomic E-state index is 0.199. The van der Waals surface area contributed by atoms with Gasteiger partial charge in [-0.3, -0.25) is 0 Å². The maximum Gasteiger partial charge on any atom is 0.00967 e. The molecule has 0 spiro atoms. The second-order valence-electron chi connectivity index (χ2n) is 9.71. The van der Waals surface area contributed by atoms with Crippen LogP contribution in [0.1, 0.15) is 75.7 Å². The number of hydrogen-bond acceptors (Lipinski definition) is 2. The third-order valence-corrected chi connectivity index (χ3v) is 3.15. The molecule has 0 radical (unpaired) electrons. The minimum absolute atomic E-state index is 0.199. The van der Waals surface area contributed by atoms with Crippen molar-refractivity contribution in [2.75, 3.05) is 13.1 Å². The number of rotatable bonds is 6. The Morgan fingerprint density at radius 2 is 0.789 bits per heavy atom. The van der Waals surface area contributed by atoms with E-state index in [4.69, 9.17) is 0 Å². The third kappa shape index (κ3) is 11.4. The zero-order chi connectivity index (χ0) is 15.5. The molecular formula is C17H38N2. The summed E-state index contributed by atoms with van der Waals surface area (Å²) in [4.78, 5) is 0. The summed E-state index contributed by atoms with van der Waals surface area (Å²) in [5.74, 6) is 0. The van der Waals surface area contributed by atoms with Crippen molar-refractivity contribution < 1.29 is 0 Å². The largest absolute Gasteiger partial charge is 0.312 e. The Hall–Kier alpha value is -0.0800. The molecule has 0 aliphatic rings. The molecular weight excluding hydrogens is 232 g/mol. The van der Waals surface area contributed by atoms with Gasteiger partial charge in [0.2, 0.25) is 0 Å². The van der Waals surface area contributed by atoms with Crippen LogP contribution in [-0.4, -0.2) is 24.2 Å². The van der Waals surface area contributed by atoms with Gasteiger partial charge in [0, 0.05) is 24.2 Å². The van der Waals surface area contributed by atoms with Crippen LogP contribution in [0.4, 0.5) is 0 Å². The molecule has 0 aliphatic carbocycles. The number of nitrogens with one attached hydrogen (secondary N) is 2. The third-order valence-electron chi connectivity index (χ3n) is 3.15. The maximum atomic E-state index is 3.64. The molecule has 0 saturated carbocycles. The van der Waals surface area contributed by atoms with E-state index in [1.54, 1.807) is 0 Å². The first-order chi connectivity index (χ1) is 8.12. The average molecular weight is 271 g/mol. The van der Waals surface area contributed by atoms with E-state index in [1.807, 2.05) is 0 Å². The Labute approximate surface area is 122 Å². The van der Waals surface area contributed by atoms with Crippen molar-refractivity contribution in [3.8, 4) is 0 Å². The van der Waals surface area contributed by atoms with Gasteiger partial charge >= 0.3 is 0 Å². The quantitative estimate of drug-likeness (QED) is 0.755. The summed E-state index contributed by atoms with van der Waals surface area (Å²) in [6.45, 7) is 25.0. The standard InChI is InChI=1S/C17H38N2/c1-14(2,3)18-12-16(7,8)11-17(9,10)13-19-15(4,5)6/h18-19H,11-13H2,1-10H3. The molecule has 2 heteroatoms. The van der Waals surface area contributed by atoms with E-state index >= 15 is 0 Å². The Balaban J connectivity index is 4.37. The Morgan fingerprint density at radius 1 is 0.526 bits per heavy atom. The van der Waals surface area contributed by atoms with Crippen molar-refractivity contribution in [1.29, 1.82) is 0 Å². The zero-order valence-electron chi connectivity index (χ0n) is 15.1. The van der Waals surface area contributed by atoms with Gasteiger partial charge in [0.25, 0.3) is 0 Å². The lowest BCUT2D eigenvalue weighted by Gasteiger charge is -2.38. The summed E-state index contributed by atoms with van der Waals surface area (Å²) in [6, 6.07) is 0. The Bertz CT molecular complexity index is 236. The molecule has 19 heavy (non-hydrogen) atoms. The second kappa shape index (κ2) is 6.13. The van der Waals surface area contributed by atoms with Crippen LogP contribution in [0.15, 0.2) is 0 Å². The normalized spacial score (nSPS) is 14.8. The van der Waals surface area contributed by atoms with Crippen molar-refractivity contribution in [2.24, 2.45) is 10.8 Å². The monoisotopic (exact) mass is 270 g/mol.